The summed E-state index contributed by atoms with van der Waals surface area (Å²) in [5.74, 6) is 2.03. The first-order valence-corrected chi connectivity index (χ1v) is 19.3. The molecule has 0 unspecified atom stereocenters. The highest BCUT2D eigenvalue weighted by Gasteiger charge is 2.49. The summed E-state index contributed by atoms with van der Waals surface area (Å²) in [6.07, 6.45) is 11.9. The van der Waals surface area contributed by atoms with Crippen LogP contribution in [0, 0.1) is 13.8 Å². The Kier molecular flexibility index (Phi) is 11.0. The molecule has 0 spiro atoms. The lowest BCUT2D eigenvalue weighted by molar-refractivity contribution is 0.304. The third kappa shape index (κ3) is 6.54. The van der Waals surface area contributed by atoms with Crippen molar-refractivity contribution in [2.45, 2.75) is 98.8 Å². The Morgan fingerprint density at radius 3 is 1.50 bits per heavy atom. The predicted molar refractivity (Wildman–Crippen MR) is 192 cm³/mol. The van der Waals surface area contributed by atoms with E-state index in [0.29, 0.717) is 0 Å². The zero-order valence-corrected chi connectivity index (χ0v) is 28.8. The lowest BCUT2D eigenvalue weighted by Crippen LogP contribution is -2.72. The second-order valence-corrected chi connectivity index (χ2v) is 16.4. The molecular formula is C41H52O2Si. The number of fused-ring (bicyclic) bond motifs is 3. The molecule has 5 rings (SSSR count). The van der Waals surface area contributed by atoms with E-state index in [1.54, 1.807) is 0 Å². The van der Waals surface area contributed by atoms with E-state index in [9.17, 15) is 0 Å². The first-order chi connectivity index (χ1) is 21.5. The minimum atomic E-state index is -2.59. The van der Waals surface area contributed by atoms with Crippen molar-refractivity contribution in [2.24, 2.45) is 0 Å². The molecule has 0 aromatic heterocycles. The highest BCUT2D eigenvalue weighted by atomic mass is 28.3. The summed E-state index contributed by atoms with van der Waals surface area (Å²) < 4.78 is 12.9. The van der Waals surface area contributed by atoms with Gasteiger partial charge in [0.05, 0.1) is 13.2 Å². The quantitative estimate of drug-likeness (QED) is 0.0830. The Morgan fingerprint density at radius 1 is 0.523 bits per heavy atom. The van der Waals surface area contributed by atoms with Gasteiger partial charge in [-0.3, -0.25) is 0 Å². The maximum absolute atomic E-state index is 6.45. The molecule has 4 aromatic rings. The van der Waals surface area contributed by atoms with Crippen LogP contribution in [0.3, 0.4) is 0 Å². The van der Waals surface area contributed by atoms with Gasteiger partial charge in [-0.15, -0.1) is 0 Å². The van der Waals surface area contributed by atoms with Gasteiger partial charge in [-0.1, -0.05) is 126 Å². The van der Waals surface area contributed by atoms with E-state index in [1.165, 1.54) is 93.5 Å². The van der Waals surface area contributed by atoms with Gasteiger partial charge >= 0.3 is 0 Å². The normalized spacial score (nSPS) is 13.0. The van der Waals surface area contributed by atoms with Gasteiger partial charge in [0, 0.05) is 0 Å². The second-order valence-electron chi connectivity index (χ2n) is 12.7. The molecule has 0 radical (unpaired) electrons. The first-order valence-electron chi connectivity index (χ1n) is 17.3. The minimum absolute atomic E-state index is 0.765. The van der Waals surface area contributed by atoms with Gasteiger partial charge in [0.1, 0.15) is 11.5 Å². The monoisotopic (exact) mass is 604 g/mol. The fraction of sp³-hybridized carbons (Fsp3) is 0.415. The van der Waals surface area contributed by atoms with Crippen molar-refractivity contribution in [3.8, 4) is 22.6 Å². The molecule has 2 nitrogen and oxygen atoms in total. The fourth-order valence-electron chi connectivity index (χ4n) is 6.94. The Balaban J connectivity index is 1.70. The maximum Gasteiger partial charge on any atom is 0.180 e. The molecule has 0 fully saturated rings. The summed E-state index contributed by atoms with van der Waals surface area (Å²) in [6.45, 7) is 12.8. The number of hydrogen-bond donors (Lipinski definition) is 0. The van der Waals surface area contributed by atoms with Crippen LogP contribution in [0.2, 0.25) is 0 Å². The number of aryl methyl sites for hydroxylation is 3. The molecule has 0 saturated heterocycles. The largest absolute Gasteiger partial charge is 0.493 e. The standard InChI is InChI=1S/C41H52O2Si/c1-6-9-13-18-33-21-23-35(24-22-33)44(34-19-14-12-15-20-34)40-27-31(4)38(42-25-16-10-7-2)29-36(40)37-30-39(32(5)28-41(37)44)43-26-17-11-8-3/h12,14-15,19-24,27-30H,6-11,13,16-18,25-26H2,1-5H3. The van der Waals surface area contributed by atoms with E-state index in [4.69, 9.17) is 9.47 Å². The van der Waals surface area contributed by atoms with E-state index in [-0.39, 0.29) is 0 Å². The zero-order valence-electron chi connectivity index (χ0n) is 27.8. The Bertz CT molecular complexity index is 1440. The predicted octanol–water partition coefficient (Wildman–Crippen LogP) is 8.53. The van der Waals surface area contributed by atoms with Gasteiger partial charge in [-0.05, 0) is 100 Å². The molecule has 0 atom stereocenters. The van der Waals surface area contributed by atoms with Crippen LogP contribution in [0.25, 0.3) is 11.1 Å². The molecule has 44 heavy (non-hydrogen) atoms. The number of unbranched alkanes of at least 4 members (excludes halogenated alkanes) is 6. The SMILES string of the molecule is CCCCCOc1cc2c(cc1C)[Si](c1ccccc1)(c1ccc(CCCCC)cc1)c1cc(C)c(OCCCCC)cc1-2. The molecule has 1 aliphatic heterocycles. The molecule has 0 N–H and O–H groups in total. The van der Waals surface area contributed by atoms with E-state index < -0.39 is 8.07 Å². The van der Waals surface area contributed by atoms with E-state index >= 15 is 0 Å². The lowest BCUT2D eigenvalue weighted by Gasteiger charge is -2.32. The van der Waals surface area contributed by atoms with Crippen LogP contribution in [0.4, 0.5) is 0 Å². The number of benzene rings is 4. The van der Waals surface area contributed by atoms with Crippen LogP contribution < -0.4 is 30.2 Å². The minimum Gasteiger partial charge on any atom is -0.493 e. The third-order valence-corrected chi connectivity index (χ3v) is 14.2. The van der Waals surface area contributed by atoms with Gasteiger partial charge in [-0.25, -0.2) is 0 Å². The second kappa shape index (κ2) is 15.1. The summed E-state index contributed by atoms with van der Waals surface area (Å²) in [6, 6.07) is 30.7. The van der Waals surface area contributed by atoms with Crippen LogP contribution in [0.1, 0.15) is 95.2 Å². The molecular weight excluding hydrogens is 553 g/mol. The molecule has 3 heteroatoms. The van der Waals surface area contributed by atoms with E-state index in [1.807, 2.05) is 0 Å². The summed E-state index contributed by atoms with van der Waals surface area (Å²) in [5, 5.41) is 5.83. The van der Waals surface area contributed by atoms with Crippen molar-refractivity contribution in [3.05, 3.63) is 95.6 Å². The van der Waals surface area contributed by atoms with Gasteiger partial charge in [0.25, 0.3) is 0 Å². The van der Waals surface area contributed by atoms with Gasteiger partial charge < -0.3 is 9.47 Å². The van der Waals surface area contributed by atoms with Gasteiger partial charge in [0.15, 0.2) is 8.07 Å². The van der Waals surface area contributed by atoms with Crippen molar-refractivity contribution < 1.29 is 9.47 Å². The van der Waals surface area contributed by atoms with Gasteiger partial charge in [-0.2, -0.15) is 0 Å². The lowest BCUT2D eigenvalue weighted by atomic mass is 10.0. The Hall–Kier alpha value is -3.30. The topological polar surface area (TPSA) is 18.5 Å². The average molecular weight is 605 g/mol. The first kappa shape index (κ1) is 32.1. The summed E-state index contributed by atoms with van der Waals surface area (Å²) in [4.78, 5) is 0. The van der Waals surface area contributed by atoms with Crippen LogP contribution in [-0.2, 0) is 6.42 Å². The Morgan fingerprint density at radius 2 is 1.00 bits per heavy atom. The smallest absolute Gasteiger partial charge is 0.180 e. The number of hydrogen-bond acceptors (Lipinski definition) is 2. The zero-order chi connectivity index (χ0) is 30.9. The van der Waals surface area contributed by atoms with E-state index in [2.05, 4.69) is 113 Å². The molecule has 4 aromatic carbocycles. The highest BCUT2D eigenvalue weighted by molar-refractivity contribution is 7.22. The van der Waals surface area contributed by atoms with Crippen molar-refractivity contribution >= 4 is 28.8 Å². The molecule has 0 saturated carbocycles. The molecule has 232 valence electrons. The maximum atomic E-state index is 6.45. The van der Waals surface area contributed by atoms with Crippen molar-refractivity contribution in [1.82, 2.24) is 0 Å². The van der Waals surface area contributed by atoms with Crippen LogP contribution >= 0.6 is 0 Å². The number of rotatable bonds is 16. The molecule has 1 heterocycles. The van der Waals surface area contributed by atoms with Gasteiger partial charge in [0.2, 0.25) is 0 Å². The number of ether oxygens (including phenoxy) is 2. The fourth-order valence-corrected chi connectivity index (χ4v) is 12.3. The molecule has 0 amide bonds. The van der Waals surface area contributed by atoms with Crippen LogP contribution in [0.5, 0.6) is 11.5 Å². The summed E-state index contributed by atoms with van der Waals surface area (Å²) >= 11 is 0. The van der Waals surface area contributed by atoms with Crippen LogP contribution in [-0.4, -0.2) is 21.3 Å². The molecule has 0 aliphatic carbocycles. The van der Waals surface area contributed by atoms with Crippen molar-refractivity contribution in [1.29, 1.82) is 0 Å². The summed E-state index contributed by atoms with van der Waals surface area (Å²) in [7, 11) is -2.59. The Labute approximate surface area is 267 Å². The third-order valence-electron chi connectivity index (χ3n) is 9.40. The summed E-state index contributed by atoms with van der Waals surface area (Å²) in [5.41, 5.74) is 6.53. The molecule has 0 bridgehead atoms. The average Bonchev–Trinajstić information content (AvgIpc) is 3.30. The highest BCUT2D eigenvalue weighted by Crippen LogP contribution is 2.36. The van der Waals surface area contributed by atoms with Crippen molar-refractivity contribution in [3.63, 3.8) is 0 Å². The van der Waals surface area contributed by atoms with Crippen LogP contribution in [0.15, 0.2) is 78.9 Å². The van der Waals surface area contributed by atoms with Crippen molar-refractivity contribution in [2.75, 3.05) is 13.2 Å². The van der Waals surface area contributed by atoms with E-state index in [0.717, 1.165) is 44.0 Å². The molecule has 1 aliphatic rings.